The van der Waals surface area contributed by atoms with E-state index in [1.807, 2.05) is 24.4 Å². The molecule has 2 aromatic heterocycles. The molecular formula is C23H26F2N6O2S. The van der Waals surface area contributed by atoms with Gasteiger partial charge in [-0.1, -0.05) is 24.3 Å². The van der Waals surface area contributed by atoms with Gasteiger partial charge in [0.25, 0.3) is 5.92 Å². The van der Waals surface area contributed by atoms with Gasteiger partial charge in [0, 0.05) is 37.6 Å². The summed E-state index contributed by atoms with van der Waals surface area (Å²) in [7, 11) is 0. The standard InChI is InChI=1S/C23H26F2N6O2S/c1-2-27-21-28-17(13-34-21)18-9-14-5-3-4-6-15(14)11-30(18)12-16-10-23(24,25)20(33-16)31-8-7-19(26)29-22(31)32/h3-8,13,16,18,20H,2,9-12H2,1H3,(H,27,28)(H2,26,29,32)/t16-,18?,20+/m0/s1. The Hall–Kier alpha value is -2.89. The molecule has 2 aliphatic heterocycles. The van der Waals surface area contributed by atoms with E-state index >= 15 is 0 Å². The summed E-state index contributed by atoms with van der Waals surface area (Å²) in [4.78, 5) is 22.6. The van der Waals surface area contributed by atoms with Crippen LogP contribution in [0.15, 0.2) is 46.7 Å². The highest BCUT2D eigenvalue weighted by Crippen LogP contribution is 2.43. The average molecular weight is 489 g/mol. The first-order chi connectivity index (χ1) is 16.3. The van der Waals surface area contributed by atoms with Gasteiger partial charge in [-0.15, -0.1) is 11.3 Å². The Balaban J connectivity index is 1.40. The van der Waals surface area contributed by atoms with Crippen LogP contribution in [-0.2, 0) is 17.7 Å². The van der Waals surface area contributed by atoms with E-state index in [9.17, 15) is 13.6 Å². The van der Waals surface area contributed by atoms with Crippen molar-refractivity contribution in [3.8, 4) is 0 Å². The third-order valence-corrected chi connectivity index (χ3v) is 7.08. The summed E-state index contributed by atoms with van der Waals surface area (Å²) in [6.45, 7) is 3.68. The summed E-state index contributed by atoms with van der Waals surface area (Å²) >= 11 is 1.54. The van der Waals surface area contributed by atoms with Crippen molar-refractivity contribution in [3.63, 3.8) is 0 Å². The molecule has 4 heterocycles. The molecule has 5 rings (SSSR count). The molecule has 0 radical (unpaired) electrons. The molecule has 1 saturated heterocycles. The number of aromatic nitrogens is 3. The molecule has 180 valence electrons. The quantitative estimate of drug-likeness (QED) is 0.549. The van der Waals surface area contributed by atoms with Crippen LogP contribution in [0.3, 0.4) is 0 Å². The lowest BCUT2D eigenvalue weighted by molar-refractivity contribution is -0.119. The van der Waals surface area contributed by atoms with E-state index in [-0.39, 0.29) is 18.4 Å². The van der Waals surface area contributed by atoms with Gasteiger partial charge >= 0.3 is 5.69 Å². The maximum Gasteiger partial charge on any atom is 0.351 e. The molecule has 34 heavy (non-hydrogen) atoms. The number of nitrogens with one attached hydrogen (secondary N) is 1. The molecule has 0 saturated carbocycles. The zero-order valence-corrected chi connectivity index (χ0v) is 19.5. The lowest BCUT2D eigenvalue weighted by Crippen LogP contribution is -2.39. The number of rotatable bonds is 6. The second kappa shape index (κ2) is 9.05. The lowest BCUT2D eigenvalue weighted by Gasteiger charge is -2.37. The number of fused-ring (bicyclic) bond motifs is 1. The number of anilines is 2. The zero-order valence-electron chi connectivity index (χ0n) is 18.7. The van der Waals surface area contributed by atoms with Crippen molar-refractivity contribution < 1.29 is 13.5 Å². The van der Waals surface area contributed by atoms with E-state index < -0.39 is 30.4 Å². The van der Waals surface area contributed by atoms with Crippen LogP contribution in [0.2, 0.25) is 0 Å². The normalized spacial score (nSPS) is 24.1. The predicted octanol–water partition coefficient (Wildman–Crippen LogP) is 3.44. The summed E-state index contributed by atoms with van der Waals surface area (Å²) in [5.41, 5.74) is 7.97. The Morgan fingerprint density at radius 2 is 2.06 bits per heavy atom. The summed E-state index contributed by atoms with van der Waals surface area (Å²) in [5, 5.41) is 6.10. The number of nitrogens with zero attached hydrogens (tertiary/aromatic N) is 4. The predicted molar refractivity (Wildman–Crippen MR) is 126 cm³/mol. The molecule has 3 aromatic rings. The molecule has 0 spiro atoms. The van der Waals surface area contributed by atoms with Gasteiger partial charge in [-0.25, -0.2) is 18.6 Å². The largest absolute Gasteiger partial charge is 0.383 e. The lowest BCUT2D eigenvalue weighted by atomic mass is 9.92. The van der Waals surface area contributed by atoms with E-state index in [1.54, 1.807) is 0 Å². The third-order valence-electron chi connectivity index (χ3n) is 6.26. The molecule has 1 unspecified atom stereocenters. The first kappa shape index (κ1) is 22.9. The molecule has 1 aromatic carbocycles. The Labute approximate surface area is 199 Å². The topological polar surface area (TPSA) is 98.3 Å². The van der Waals surface area contributed by atoms with Crippen LogP contribution in [0.1, 0.15) is 42.4 Å². The number of halogens is 2. The van der Waals surface area contributed by atoms with Gasteiger partial charge in [0.15, 0.2) is 5.13 Å². The Morgan fingerprint density at radius 1 is 1.26 bits per heavy atom. The smallest absolute Gasteiger partial charge is 0.351 e. The van der Waals surface area contributed by atoms with Crippen LogP contribution in [0.4, 0.5) is 19.7 Å². The number of hydrogen-bond acceptors (Lipinski definition) is 8. The molecule has 11 heteroatoms. The first-order valence-corrected chi connectivity index (χ1v) is 12.1. The van der Waals surface area contributed by atoms with Gasteiger partial charge in [0.2, 0.25) is 6.23 Å². The van der Waals surface area contributed by atoms with Crippen molar-refractivity contribution in [1.29, 1.82) is 0 Å². The van der Waals surface area contributed by atoms with Crippen molar-refractivity contribution in [2.24, 2.45) is 0 Å². The Bertz CT molecular complexity index is 1230. The molecule has 0 aliphatic carbocycles. The minimum absolute atomic E-state index is 0.0193. The maximum atomic E-state index is 14.9. The van der Waals surface area contributed by atoms with E-state index in [1.165, 1.54) is 34.7 Å². The summed E-state index contributed by atoms with van der Waals surface area (Å²) in [6, 6.07) is 9.43. The Kier molecular flexibility index (Phi) is 6.09. The molecule has 8 nitrogen and oxygen atoms in total. The number of hydrogen-bond donors (Lipinski definition) is 2. The van der Waals surface area contributed by atoms with Crippen molar-refractivity contribution in [1.82, 2.24) is 19.4 Å². The fourth-order valence-corrected chi connectivity index (χ4v) is 5.54. The van der Waals surface area contributed by atoms with Gasteiger partial charge in [-0.05, 0) is 30.5 Å². The number of ether oxygens (including phenoxy) is 1. The highest BCUT2D eigenvalue weighted by atomic mass is 32.1. The number of nitrogen functional groups attached to an aromatic ring is 1. The van der Waals surface area contributed by atoms with Crippen molar-refractivity contribution in [2.75, 3.05) is 24.1 Å². The summed E-state index contributed by atoms with van der Waals surface area (Å²) in [5.74, 6) is -3.23. The SMILES string of the molecule is CCNc1nc(C2Cc3ccccc3CN2C[C@@H]2CC(F)(F)[C@H](n3ccc(N)nc3=O)O2)cs1. The van der Waals surface area contributed by atoms with Crippen molar-refractivity contribution >= 4 is 22.3 Å². The molecular weight excluding hydrogens is 462 g/mol. The van der Waals surface area contributed by atoms with Gasteiger partial charge < -0.3 is 15.8 Å². The molecule has 0 bridgehead atoms. The molecule has 3 N–H and O–H groups in total. The minimum Gasteiger partial charge on any atom is -0.383 e. The van der Waals surface area contributed by atoms with E-state index in [0.717, 1.165) is 28.4 Å². The molecule has 2 aliphatic rings. The molecule has 0 amide bonds. The molecule has 3 atom stereocenters. The third kappa shape index (κ3) is 4.42. The van der Waals surface area contributed by atoms with Gasteiger partial charge in [0.05, 0.1) is 17.8 Å². The van der Waals surface area contributed by atoms with Crippen LogP contribution in [0, 0.1) is 0 Å². The number of alkyl halides is 2. The van der Waals surface area contributed by atoms with Gasteiger partial charge in [-0.2, -0.15) is 4.98 Å². The highest BCUT2D eigenvalue weighted by Gasteiger charge is 2.52. The van der Waals surface area contributed by atoms with Crippen molar-refractivity contribution in [3.05, 3.63) is 69.2 Å². The van der Waals surface area contributed by atoms with Crippen LogP contribution < -0.4 is 16.7 Å². The fraction of sp³-hybridized carbons (Fsp3) is 0.435. The second-order valence-corrected chi connectivity index (χ2v) is 9.50. The van der Waals surface area contributed by atoms with Gasteiger partial charge in [0.1, 0.15) is 5.82 Å². The van der Waals surface area contributed by atoms with Crippen molar-refractivity contribution in [2.45, 2.75) is 50.6 Å². The van der Waals surface area contributed by atoms with E-state index in [2.05, 4.69) is 27.3 Å². The monoisotopic (exact) mass is 488 g/mol. The summed E-state index contributed by atoms with van der Waals surface area (Å²) < 4.78 is 36.5. The highest BCUT2D eigenvalue weighted by molar-refractivity contribution is 7.13. The Morgan fingerprint density at radius 3 is 2.82 bits per heavy atom. The van der Waals surface area contributed by atoms with Crippen LogP contribution in [0.5, 0.6) is 0 Å². The van der Waals surface area contributed by atoms with Gasteiger partial charge in [-0.3, -0.25) is 9.47 Å². The minimum atomic E-state index is -3.21. The van der Waals surface area contributed by atoms with E-state index in [4.69, 9.17) is 15.5 Å². The number of thiazole rings is 1. The van der Waals surface area contributed by atoms with Crippen LogP contribution in [0.25, 0.3) is 0 Å². The summed E-state index contributed by atoms with van der Waals surface area (Å²) in [6.07, 6.45) is -1.01. The van der Waals surface area contributed by atoms with Crippen LogP contribution >= 0.6 is 11.3 Å². The van der Waals surface area contributed by atoms with E-state index in [0.29, 0.717) is 6.54 Å². The zero-order chi connectivity index (χ0) is 23.9. The first-order valence-electron chi connectivity index (χ1n) is 11.2. The molecule has 1 fully saturated rings. The average Bonchev–Trinajstić information content (AvgIpc) is 3.37. The number of nitrogens with two attached hydrogens (primary N) is 1. The number of benzene rings is 1. The fourth-order valence-electron chi connectivity index (χ4n) is 4.71. The second-order valence-electron chi connectivity index (χ2n) is 8.64. The maximum absolute atomic E-state index is 14.9. The van der Waals surface area contributed by atoms with Crippen LogP contribution in [-0.4, -0.2) is 44.6 Å².